The molecule has 2 heterocycles. The number of likely N-dealkylation sites (tertiary alicyclic amines) is 1. The minimum Gasteiger partial charge on any atom is -0.339 e. The Balaban J connectivity index is 1.43. The summed E-state index contributed by atoms with van der Waals surface area (Å²) in [5.74, 6) is -0.0494. The molecule has 4 rings (SSSR count). The fourth-order valence-corrected chi connectivity index (χ4v) is 4.47. The number of carbonyl (C=O) groups is 2. The predicted octanol–water partition coefficient (Wildman–Crippen LogP) is 3.18. The summed E-state index contributed by atoms with van der Waals surface area (Å²) in [6.45, 7) is 1.75. The van der Waals surface area contributed by atoms with Gasteiger partial charge in [0.05, 0.1) is 23.8 Å². The van der Waals surface area contributed by atoms with Gasteiger partial charge in [-0.2, -0.15) is 5.26 Å². The largest absolute Gasteiger partial charge is 0.339 e. The molecule has 31 heavy (non-hydrogen) atoms. The third-order valence-corrected chi connectivity index (χ3v) is 6.41. The van der Waals surface area contributed by atoms with E-state index in [9.17, 15) is 14.9 Å². The Kier molecular flexibility index (Phi) is 6.08. The zero-order valence-corrected chi connectivity index (χ0v) is 17.8. The first-order valence-corrected chi connectivity index (χ1v) is 10.7. The van der Waals surface area contributed by atoms with E-state index >= 15 is 0 Å². The molecule has 2 saturated heterocycles. The van der Waals surface area contributed by atoms with Crippen molar-refractivity contribution in [3.8, 4) is 6.07 Å². The molecule has 2 amide bonds. The summed E-state index contributed by atoms with van der Waals surface area (Å²) in [6, 6.07) is 16.9. The van der Waals surface area contributed by atoms with Crippen LogP contribution in [0.4, 0.5) is 0 Å². The van der Waals surface area contributed by atoms with Gasteiger partial charge in [-0.1, -0.05) is 48.0 Å². The monoisotopic (exact) mass is 434 g/mol. The lowest BCUT2D eigenvalue weighted by Gasteiger charge is -2.44. The van der Waals surface area contributed by atoms with Crippen LogP contribution in [0.2, 0.25) is 5.02 Å². The molecule has 0 saturated carbocycles. The molecule has 2 aliphatic rings. The fourth-order valence-electron chi connectivity index (χ4n) is 4.27. The van der Waals surface area contributed by atoms with Gasteiger partial charge in [-0.05, 0) is 29.3 Å². The Hall–Kier alpha value is -3.14. The molecule has 0 unspecified atom stereocenters. The van der Waals surface area contributed by atoms with Crippen molar-refractivity contribution in [1.82, 2.24) is 15.1 Å². The maximum absolute atomic E-state index is 12.7. The number of carbonyl (C=O) groups excluding carboxylic acids is 2. The van der Waals surface area contributed by atoms with Gasteiger partial charge in [-0.15, -0.1) is 0 Å². The molecule has 6 nitrogen and oxygen atoms in total. The van der Waals surface area contributed by atoms with Gasteiger partial charge in [0.25, 0.3) is 0 Å². The number of nitrogens with zero attached hydrogens (tertiary/aromatic N) is 3. The van der Waals surface area contributed by atoms with Crippen molar-refractivity contribution >= 4 is 29.5 Å². The van der Waals surface area contributed by atoms with Gasteiger partial charge < -0.3 is 9.80 Å². The average molecular weight is 435 g/mol. The van der Waals surface area contributed by atoms with Crippen LogP contribution in [0.25, 0.3) is 6.08 Å². The zero-order valence-electron chi connectivity index (χ0n) is 17.1. The van der Waals surface area contributed by atoms with Crippen LogP contribution in [-0.2, 0) is 16.1 Å². The highest BCUT2D eigenvalue weighted by molar-refractivity contribution is 6.32. The van der Waals surface area contributed by atoms with Crippen molar-refractivity contribution in [1.29, 1.82) is 5.26 Å². The summed E-state index contributed by atoms with van der Waals surface area (Å²) in [6.07, 6.45) is 4.56. The summed E-state index contributed by atoms with van der Waals surface area (Å²) in [5.41, 5.74) is 1.73. The summed E-state index contributed by atoms with van der Waals surface area (Å²) in [5, 5.41) is 13.4. The third-order valence-electron chi connectivity index (χ3n) is 6.07. The highest BCUT2D eigenvalue weighted by Gasteiger charge is 2.47. The summed E-state index contributed by atoms with van der Waals surface area (Å²) < 4.78 is 0. The molecule has 2 fully saturated rings. The van der Waals surface area contributed by atoms with Crippen molar-refractivity contribution in [2.45, 2.75) is 25.0 Å². The van der Waals surface area contributed by atoms with Crippen molar-refractivity contribution < 1.29 is 9.59 Å². The van der Waals surface area contributed by atoms with Crippen LogP contribution in [0, 0.1) is 11.3 Å². The standard InChI is InChI=1S/C24H23ClN4O2/c25-21-8-4-3-5-18(21)9-10-22(30)28-13-11-24(12-14-28)27-16-23(31)29(24)17-20-7-2-1-6-19(20)15-26/h1-10,27H,11-14,16-17H2/b10-9+. The topological polar surface area (TPSA) is 76.4 Å². The van der Waals surface area contributed by atoms with Gasteiger partial charge in [0.15, 0.2) is 0 Å². The van der Waals surface area contributed by atoms with Crippen molar-refractivity contribution in [3.63, 3.8) is 0 Å². The first-order valence-electron chi connectivity index (χ1n) is 10.3. The van der Waals surface area contributed by atoms with Gasteiger partial charge >= 0.3 is 0 Å². The van der Waals surface area contributed by atoms with Gasteiger partial charge in [0.2, 0.25) is 11.8 Å². The lowest BCUT2D eigenvalue weighted by atomic mass is 9.94. The van der Waals surface area contributed by atoms with E-state index in [-0.39, 0.29) is 18.4 Å². The molecule has 0 atom stereocenters. The van der Waals surface area contributed by atoms with E-state index in [4.69, 9.17) is 11.6 Å². The summed E-state index contributed by atoms with van der Waals surface area (Å²) in [4.78, 5) is 28.9. The maximum atomic E-state index is 12.7. The van der Waals surface area contributed by atoms with Crippen molar-refractivity contribution in [3.05, 3.63) is 76.3 Å². The number of amides is 2. The SMILES string of the molecule is N#Cc1ccccc1CN1C(=O)CNC12CCN(C(=O)/C=C/c1ccccc1Cl)CC2. The highest BCUT2D eigenvalue weighted by atomic mass is 35.5. The highest BCUT2D eigenvalue weighted by Crippen LogP contribution is 2.32. The molecule has 0 aromatic heterocycles. The Bertz CT molecular complexity index is 1070. The Morgan fingerprint density at radius 2 is 1.87 bits per heavy atom. The number of benzene rings is 2. The normalized spacial score (nSPS) is 18.0. The molecule has 1 N–H and O–H groups in total. The van der Waals surface area contributed by atoms with Crippen LogP contribution in [0.5, 0.6) is 0 Å². The van der Waals surface area contributed by atoms with Gasteiger partial charge in [-0.25, -0.2) is 0 Å². The average Bonchev–Trinajstić information content (AvgIpc) is 3.09. The minimum absolute atomic E-state index is 0.0196. The predicted molar refractivity (Wildman–Crippen MR) is 119 cm³/mol. The quantitative estimate of drug-likeness (QED) is 0.750. The lowest BCUT2D eigenvalue weighted by Crippen LogP contribution is -2.58. The number of halogens is 1. The Labute approximate surface area is 186 Å². The Morgan fingerprint density at radius 1 is 1.16 bits per heavy atom. The first-order chi connectivity index (χ1) is 15.0. The minimum atomic E-state index is -0.483. The summed E-state index contributed by atoms with van der Waals surface area (Å²) >= 11 is 6.15. The van der Waals surface area contributed by atoms with Crippen molar-refractivity contribution in [2.75, 3.05) is 19.6 Å². The summed E-state index contributed by atoms with van der Waals surface area (Å²) in [7, 11) is 0. The van der Waals surface area contributed by atoms with Crippen LogP contribution in [0.15, 0.2) is 54.6 Å². The number of piperidine rings is 1. The van der Waals surface area contributed by atoms with E-state index in [1.165, 1.54) is 0 Å². The molecule has 0 radical (unpaired) electrons. The molecule has 2 aromatic carbocycles. The molecule has 7 heteroatoms. The van der Waals surface area contributed by atoms with Crippen molar-refractivity contribution in [2.24, 2.45) is 0 Å². The van der Waals surface area contributed by atoms with Crippen LogP contribution >= 0.6 is 11.6 Å². The van der Waals surface area contributed by atoms with Gasteiger partial charge in [0, 0.05) is 43.6 Å². The molecular weight excluding hydrogens is 412 g/mol. The van der Waals surface area contributed by atoms with Gasteiger partial charge in [-0.3, -0.25) is 14.9 Å². The number of hydrogen-bond donors (Lipinski definition) is 1. The lowest BCUT2D eigenvalue weighted by molar-refractivity contribution is -0.134. The molecule has 2 aliphatic heterocycles. The van der Waals surface area contributed by atoms with Gasteiger partial charge in [0.1, 0.15) is 0 Å². The van der Waals surface area contributed by atoms with E-state index in [0.29, 0.717) is 43.1 Å². The van der Waals surface area contributed by atoms with E-state index in [2.05, 4.69) is 11.4 Å². The molecule has 0 aliphatic carbocycles. The molecule has 2 aromatic rings. The first kappa shape index (κ1) is 21.1. The van der Waals surface area contributed by atoms with E-state index in [0.717, 1.165) is 11.1 Å². The fraction of sp³-hybridized carbons (Fsp3) is 0.292. The van der Waals surface area contributed by atoms with Crippen LogP contribution in [0.3, 0.4) is 0 Å². The number of nitriles is 1. The third kappa shape index (κ3) is 4.34. The van der Waals surface area contributed by atoms with Crippen LogP contribution in [0.1, 0.15) is 29.5 Å². The number of rotatable bonds is 4. The second-order valence-corrected chi connectivity index (χ2v) is 8.22. The second-order valence-electron chi connectivity index (χ2n) is 7.81. The maximum Gasteiger partial charge on any atom is 0.246 e. The van der Waals surface area contributed by atoms with Crippen LogP contribution < -0.4 is 5.32 Å². The van der Waals surface area contributed by atoms with E-state index in [1.807, 2.05) is 41.3 Å². The molecular formula is C24H23ClN4O2. The molecule has 1 spiro atoms. The smallest absolute Gasteiger partial charge is 0.246 e. The van der Waals surface area contributed by atoms with E-state index in [1.54, 1.807) is 29.2 Å². The second kappa shape index (κ2) is 8.93. The molecule has 0 bridgehead atoms. The molecule has 158 valence electrons. The van der Waals surface area contributed by atoms with E-state index < -0.39 is 5.66 Å². The zero-order chi connectivity index (χ0) is 21.8. The number of nitrogens with one attached hydrogen (secondary N) is 1. The van der Waals surface area contributed by atoms with Crippen LogP contribution in [-0.4, -0.2) is 46.9 Å². The Morgan fingerprint density at radius 3 is 2.61 bits per heavy atom. The number of hydrogen-bond acceptors (Lipinski definition) is 4.